The highest BCUT2D eigenvalue weighted by Crippen LogP contribution is 2.28. The summed E-state index contributed by atoms with van der Waals surface area (Å²) >= 11 is 0. The number of carbonyl (C=O) groups excluding carboxylic acids is 1. The molecule has 1 fully saturated rings. The Hall–Kier alpha value is -2.35. The minimum absolute atomic E-state index is 0.00533. The zero-order valence-corrected chi connectivity index (χ0v) is 12.0. The number of aromatic nitrogens is 1. The Bertz CT molecular complexity index is 605. The van der Waals surface area contributed by atoms with Gasteiger partial charge in [-0.25, -0.2) is 9.78 Å². The van der Waals surface area contributed by atoms with E-state index in [2.05, 4.69) is 4.98 Å². The van der Waals surface area contributed by atoms with Crippen molar-refractivity contribution in [2.75, 3.05) is 26.3 Å². The Kier molecular flexibility index (Phi) is 3.84. The number of carbonyl (C=O) groups is 2. The van der Waals surface area contributed by atoms with Gasteiger partial charge in [-0.05, 0) is 19.1 Å². The highest BCUT2D eigenvalue weighted by atomic mass is 16.6. The topological polar surface area (TPSA) is 98.2 Å². The molecule has 8 heteroatoms. The van der Waals surface area contributed by atoms with Gasteiger partial charge in [-0.15, -0.1) is 0 Å². The molecule has 1 amide bonds. The first-order valence-electron chi connectivity index (χ1n) is 6.99. The van der Waals surface area contributed by atoms with Crippen LogP contribution in [0.5, 0.6) is 11.6 Å². The van der Waals surface area contributed by atoms with E-state index in [9.17, 15) is 9.59 Å². The molecular weight excluding hydrogens is 292 g/mol. The Labute approximate surface area is 126 Å². The predicted molar refractivity (Wildman–Crippen MR) is 73.1 cm³/mol. The number of nitrogens with zero attached hydrogens (tertiary/aromatic N) is 2. The van der Waals surface area contributed by atoms with Gasteiger partial charge in [-0.3, -0.25) is 4.79 Å². The van der Waals surface area contributed by atoms with Crippen molar-refractivity contribution in [3.05, 3.63) is 17.8 Å². The number of aliphatic carboxylic acids is 1. The SMILES string of the molecule is C[C@@H]1CN(C(=O)c2ccc3c(n2)OCCO3)C[C@H](C(=O)O)O1. The summed E-state index contributed by atoms with van der Waals surface area (Å²) < 4.78 is 16.0. The number of carboxylic acid groups (broad SMARTS) is 1. The maximum atomic E-state index is 12.5. The standard InChI is InChI=1S/C14H16N2O6/c1-8-6-16(7-11(22-8)14(18)19)13(17)9-2-3-10-12(15-9)21-5-4-20-10/h2-3,8,11H,4-7H2,1H3,(H,18,19)/t8-,11-/m1/s1. The molecule has 0 saturated carbocycles. The third-order valence-electron chi connectivity index (χ3n) is 3.45. The number of ether oxygens (including phenoxy) is 3. The van der Waals surface area contributed by atoms with Crippen molar-refractivity contribution in [1.82, 2.24) is 9.88 Å². The van der Waals surface area contributed by atoms with Gasteiger partial charge in [0.2, 0.25) is 0 Å². The molecule has 22 heavy (non-hydrogen) atoms. The van der Waals surface area contributed by atoms with Gasteiger partial charge in [0.25, 0.3) is 11.8 Å². The number of fused-ring (bicyclic) bond motifs is 1. The van der Waals surface area contributed by atoms with Gasteiger partial charge in [-0.2, -0.15) is 0 Å². The van der Waals surface area contributed by atoms with Crippen LogP contribution in [0.3, 0.4) is 0 Å². The Balaban J connectivity index is 1.79. The number of amides is 1. The summed E-state index contributed by atoms with van der Waals surface area (Å²) in [6, 6.07) is 3.18. The van der Waals surface area contributed by atoms with E-state index in [-0.39, 0.29) is 30.1 Å². The number of hydrogen-bond acceptors (Lipinski definition) is 6. The molecule has 3 rings (SSSR count). The number of carboxylic acids is 1. The lowest BCUT2D eigenvalue weighted by atomic mass is 10.2. The van der Waals surface area contributed by atoms with Crippen LogP contribution >= 0.6 is 0 Å². The molecule has 8 nitrogen and oxygen atoms in total. The second-order valence-corrected chi connectivity index (χ2v) is 5.18. The Morgan fingerprint density at radius 3 is 2.82 bits per heavy atom. The molecular formula is C14H16N2O6. The lowest BCUT2D eigenvalue weighted by Crippen LogP contribution is -2.51. The predicted octanol–water partition coefficient (Wildman–Crippen LogP) is 0.167. The second-order valence-electron chi connectivity index (χ2n) is 5.18. The summed E-state index contributed by atoms with van der Waals surface area (Å²) in [6.45, 7) is 2.87. The Morgan fingerprint density at radius 2 is 2.05 bits per heavy atom. The van der Waals surface area contributed by atoms with Gasteiger partial charge in [0.1, 0.15) is 18.9 Å². The first-order valence-corrected chi connectivity index (χ1v) is 6.99. The first kappa shape index (κ1) is 14.6. The van der Waals surface area contributed by atoms with Crippen molar-refractivity contribution >= 4 is 11.9 Å². The van der Waals surface area contributed by atoms with Gasteiger partial charge >= 0.3 is 5.97 Å². The van der Waals surface area contributed by atoms with Crippen LogP contribution in [0.1, 0.15) is 17.4 Å². The van der Waals surface area contributed by atoms with E-state index < -0.39 is 12.1 Å². The van der Waals surface area contributed by atoms with Crippen LogP contribution in [-0.4, -0.2) is 65.4 Å². The van der Waals surface area contributed by atoms with E-state index in [1.165, 1.54) is 4.90 Å². The van der Waals surface area contributed by atoms with Gasteiger partial charge in [0, 0.05) is 6.54 Å². The van der Waals surface area contributed by atoms with Gasteiger partial charge in [-0.1, -0.05) is 0 Å². The molecule has 0 bridgehead atoms. The summed E-state index contributed by atoms with van der Waals surface area (Å²) in [5, 5.41) is 9.07. The Morgan fingerprint density at radius 1 is 1.27 bits per heavy atom. The van der Waals surface area contributed by atoms with E-state index in [1.54, 1.807) is 19.1 Å². The zero-order chi connectivity index (χ0) is 15.7. The summed E-state index contributed by atoms with van der Waals surface area (Å²) in [5.74, 6) is -0.646. The van der Waals surface area contributed by atoms with E-state index in [0.29, 0.717) is 25.5 Å². The van der Waals surface area contributed by atoms with Crippen LogP contribution in [-0.2, 0) is 9.53 Å². The first-order chi connectivity index (χ1) is 10.5. The fourth-order valence-corrected chi connectivity index (χ4v) is 2.47. The average molecular weight is 308 g/mol. The maximum Gasteiger partial charge on any atom is 0.334 e. The number of rotatable bonds is 2. The van der Waals surface area contributed by atoms with E-state index in [4.69, 9.17) is 19.3 Å². The summed E-state index contributed by atoms with van der Waals surface area (Å²) in [6.07, 6.45) is -1.37. The van der Waals surface area contributed by atoms with Crippen LogP contribution < -0.4 is 9.47 Å². The van der Waals surface area contributed by atoms with Crippen LogP contribution in [0.15, 0.2) is 12.1 Å². The molecule has 3 heterocycles. The molecule has 1 N–H and O–H groups in total. The molecule has 0 unspecified atom stereocenters. The van der Waals surface area contributed by atoms with Crippen molar-refractivity contribution in [1.29, 1.82) is 0 Å². The van der Waals surface area contributed by atoms with Crippen molar-refractivity contribution in [2.24, 2.45) is 0 Å². The van der Waals surface area contributed by atoms with Crippen LogP contribution in [0.2, 0.25) is 0 Å². The zero-order valence-electron chi connectivity index (χ0n) is 12.0. The molecule has 118 valence electrons. The van der Waals surface area contributed by atoms with E-state index >= 15 is 0 Å². The van der Waals surface area contributed by atoms with Crippen LogP contribution in [0.25, 0.3) is 0 Å². The quantitative estimate of drug-likeness (QED) is 0.831. The normalized spacial score (nSPS) is 24.0. The van der Waals surface area contributed by atoms with Crippen molar-refractivity contribution in [3.8, 4) is 11.6 Å². The fourth-order valence-electron chi connectivity index (χ4n) is 2.47. The smallest absolute Gasteiger partial charge is 0.334 e. The minimum Gasteiger partial charge on any atom is -0.484 e. The largest absolute Gasteiger partial charge is 0.484 e. The molecule has 2 atom stereocenters. The molecule has 0 aliphatic carbocycles. The molecule has 0 aromatic carbocycles. The van der Waals surface area contributed by atoms with E-state index in [1.807, 2.05) is 0 Å². The van der Waals surface area contributed by atoms with Crippen molar-refractivity contribution in [3.63, 3.8) is 0 Å². The summed E-state index contributed by atoms with van der Waals surface area (Å²) in [7, 11) is 0. The molecule has 0 spiro atoms. The second kappa shape index (κ2) is 5.80. The third kappa shape index (κ3) is 2.82. The summed E-state index contributed by atoms with van der Waals surface area (Å²) in [4.78, 5) is 29.2. The maximum absolute atomic E-state index is 12.5. The lowest BCUT2D eigenvalue weighted by molar-refractivity contribution is -0.160. The summed E-state index contributed by atoms with van der Waals surface area (Å²) in [5.41, 5.74) is 0.197. The van der Waals surface area contributed by atoms with Gasteiger partial charge in [0.05, 0.1) is 12.6 Å². The monoisotopic (exact) mass is 308 g/mol. The van der Waals surface area contributed by atoms with Gasteiger partial charge < -0.3 is 24.2 Å². The minimum atomic E-state index is -1.08. The molecule has 2 aliphatic heterocycles. The van der Waals surface area contributed by atoms with Crippen LogP contribution in [0, 0.1) is 0 Å². The molecule has 1 aromatic heterocycles. The molecule has 1 saturated heterocycles. The highest BCUT2D eigenvalue weighted by molar-refractivity contribution is 5.93. The van der Waals surface area contributed by atoms with E-state index in [0.717, 1.165) is 0 Å². The molecule has 2 aliphatic rings. The molecule has 0 radical (unpaired) electrons. The third-order valence-corrected chi connectivity index (χ3v) is 3.45. The number of hydrogen-bond donors (Lipinski definition) is 1. The molecule has 1 aromatic rings. The van der Waals surface area contributed by atoms with Gasteiger partial charge in [0.15, 0.2) is 11.9 Å². The van der Waals surface area contributed by atoms with Crippen LogP contribution in [0.4, 0.5) is 0 Å². The number of morpholine rings is 1. The van der Waals surface area contributed by atoms with Crippen molar-refractivity contribution in [2.45, 2.75) is 19.1 Å². The average Bonchev–Trinajstić information content (AvgIpc) is 2.53. The van der Waals surface area contributed by atoms with Crippen molar-refractivity contribution < 1.29 is 28.9 Å². The highest BCUT2D eigenvalue weighted by Gasteiger charge is 2.33. The lowest BCUT2D eigenvalue weighted by Gasteiger charge is -2.34. The fraction of sp³-hybridized carbons (Fsp3) is 0.500. The number of pyridine rings is 1.